The molecule has 0 radical (unpaired) electrons. The van der Waals surface area contributed by atoms with E-state index in [0.29, 0.717) is 5.52 Å². The summed E-state index contributed by atoms with van der Waals surface area (Å²) in [6.07, 6.45) is 1.18. The van der Waals surface area contributed by atoms with Crippen LogP contribution in [0.15, 0.2) is 18.3 Å². The normalized spacial score (nSPS) is 13.2. The second-order valence-corrected chi connectivity index (χ2v) is 5.30. The highest BCUT2D eigenvalue weighted by Crippen LogP contribution is 2.31. The van der Waals surface area contributed by atoms with Crippen LogP contribution in [0, 0.1) is 0 Å². The highest BCUT2D eigenvalue weighted by molar-refractivity contribution is 6.04. The molecule has 1 atom stereocenters. The number of nitrogens with zero attached hydrogens (tertiary/aromatic N) is 1. The van der Waals surface area contributed by atoms with E-state index in [1.54, 1.807) is 30.8 Å². The summed E-state index contributed by atoms with van der Waals surface area (Å²) >= 11 is 0. The van der Waals surface area contributed by atoms with Gasteiger partial charge in [0.1, 0.15) is 0 Å². The molecule has 2 rings (SSSR count). The van der Waals surface area contributed by atoms with Gasteiger partial charge in [0.15, 0.2) is 0 Å². The predicted octanol–water partition coefficient (Wildman–Crippen LogP) is 3.05. The van der Waals surface area contributed by atoms with Gasteiger partial charge in [-0.1, -0.05) is 13.8 Å². The van der Waals surface area contributed by atoms with E-state index in [1.165, 1.54) is 0 Å². The fourth-order valence-corrected chi connectivity index (χ4v) is 2.43. The number of fused-ring (bicyclic) bond motifs is 1. The minimum absolute atomic E-state index is 0.240. The van der Waals surface area contributed by atoms with Crippen LogP contribution in [0.25, 0.3) is 10.9 Å². The molecule has 19 heavy (non-hydrogen) atoms. The maximum Gasteiger partial charge on any atom is 0.337 e. The van der Waals surface area contributed by atoms with Crippen molar-refractivity contribution >= 4 is 16.9 Å². The summed E-state index contributed by atoms with van der Waals surface area (Å²) in [5, 5.41) is 20.0. The van der Waals surface area contributed by atoms with Crippen LogP contribution in [0.2, 0.25) is 0 Å². The maximum absolute atomic E-state index is 11.4. The van der Waals surface area contributed by atoms with Crippen LogP contribution in [0.4, 0.5) is 0 Å². The van der Waals surface area contributed by atoms with E-state index in [-0.39, 0.29) is 11.5 Å². The summed E-state index contributed by atoms with van der Waals surface area (Å²) < 4.78 is 1.77. The molecule has 4 nitrogen and oxygen atoms in total. The van der Waals surface area contributed by atoms with Crippen molar-refractivity contribution in [2.24, 2.45) is 7.05 Å². The number of aromatic carboxylic acids is 1. The third kappa shape index (κ3) is 2.24. The second kappa shape index (κ2) is 4.70. The second-order valence-electron chi connectivity index (χ2n) is 5.30. The Morgan fingerprint density at radius 3 is 2.37 bits per heavy atom. The zero-order chi connectivity index (χ0) is 14.3. The Morgan fingerprint density at radius 2 is 1.89 bits per heavy atom. The van der Waals surface area contributed by atoms with E-state index in [1.807, 2.05) is 19.9 Å². The van der Waals surface area contributed by atoms with Gasteiger partial charge in [-0.15, -0.1) is 0 Å². The molecule has 1 aromatic heterocycles. The fourth-order valence-electron chi connectivity index (χ4n) is 2.43. The van der Waals surface area contributed by atoms with Gasteiger partial charge in [-0.2, -0.15) is 0 Å². The molecule has 0 amide bonds. The topological polar surface area (TPSA) is 62.5 Å². The molecule has 0 spiro atoms. The third-order valence-corrected chi connectivity index (χ3v) is 3.48. The van der Waals surface area contributed by atoms with Crippen LogP contribution in [0.1, 0.15) is 54.3 Å². The molecule has 0 bridgehead atoms. The lowest BCUT2D eigenvalue weighted by molar-refractivity contribution is 0.0698. The van der Waals surface area contributed by atoms with E-state index in [4.69, 9.17) is 0 Å². The lowest BCUT2D eigenvalue weighted by atomic mass is 9.96. The van der Waals surface area contributed by atoms with Crippen LogP contribution < -0.4 is 0 Å². The summed E-state index contributed by atoms with van der Waals surface area (Å²) in [7, 11) is 1.80. The zero-order valence-electron chi connectivity index (χ0n) is 11.6. The molecular formula is C15H19NO3. The summed E-state index contributed by atoms with van der Waals surface area (Å²) in [5.41, 5.74) is 2.68. The van der Waals surface area contributed by atoms with Crippen molar-refractivity contribution in [1.29, 1.82) is 0 Å². The van der Waals surface area contributed by atoms with E-state index in [0.717, 1.165) is 16.5 Å². The molecule has 1 unspecified atom stereocenters. The first-order valence-electron chi connectivity index (χ1n) is 6.37. The highest BCUT2D eigenvalue weighted by Gasteiger charge is 2.19. The van der Waals surface area contributed by atoms with Crippen molar-refractivity contribution in [1.82, 2.24) is 4.57 Å². The molecule has 0 aliphatic rings. The number of hydrogen-bond acceptors (Lipinski definition) is 2. The third-order valence-electron chi connectivity index (χ3n) is 3.48. The minimum Gasteiger partial charge on any atom is -0.478 e. The Morgan fingerprint density at radius 1 is 1.26 bits per heavy atom. The summed E-state index contributed by atoms with van der Waals surface area (Å²) in [5.74, 6) is -0.699. The van der Waals surface area contributed by atoms with Crippen LogP contribution in [0.5, 0.6) is 0 Å². The van der Waals surface area contributed by atoms with Crippen molar-refractivity contribution in [2.75, 3.05) is 0 Å². The first-order chi connectivity index (χ1) is 8.82. The SMILES string of the molecule is CC(C)c1cc(C(=O)O)c2c(c1)c(C(C)O)cn2C. The Hall–Kier alpha value is -1.81. The van der Waals surface area contributed by atoms with Gasteiger partial charge in [0.05, 0.1) is 17.2 Å². The van der Waals surface area contributed by atoms with E-state index in [9.17, 15) is 15.0 Å². The Kier molecular flexibility index (Phi) is 3.37. The van der Waals surface area contributed by atoms with Crippen molar-refractivity contribution in [3.63, 3.8) is 0 Å². The number of aliphatic hydroxyl groups excluding tert-OH is 1. The zero-order valence-corrected chi connectivity index (χ0v) is 11.6. The van der Waals surface area contributed by atoms with Gasteiger partial charge >= 0.3 is 5.97 Å². The lowest BCUT2D eigenvalue weighted by Gasteiger charge is -2.10. The number of hydrogen-bond donors (Lipinski definition) is 2. The van der Waals surface area contributed by atoms with Gasteiger partial charge in [0, 0.05) is 24.2 Å². The maximum atomic E-state index is 11.4. The van der Waals surface area contributed by atoms with Crippen molar-refractivity contribution < 1.29 is 15.0 Å². The van der Waals surface area contributed by atoms with E-state index >= 15 is 0 Å². The summed E-state index contributed by atoms with van der Waals surface area (Å²) in [4.78, 5) is 11.4. The average Bonchev–Trinajstić information content (AvgIpc) is 2.65. The standard InChI is InChI=1S/C15H19NO3/c1-8(2)10-5-11-13(9(3)17)7-16(4)14(11)12(6-10)15(18)19/h5-9,17H,1-4H3,(H,18,19). The monoisotopic (exact) mass is 261 g/mol. The Balaban J connectivity index is 2.88. The summed E-state index contributed by atoms with van der Waals surface area (Å²) in [6, 6.07) is 3.70. The fraction of sp³-hybridized carbons (Fsp3) is 0.400. The van der Waals surface area contributed by atoms with Crippen LogP contribution in [-0.4, -0.2) is 20.7 Å². The van der Waals surface area contributed by atoms with Gasteiger partial charge in [0.25, 0.3) is 0 Å². The predicted molar refractivity (Wildman–Crippen MR) is 74.6 cm³/mol. The van der Waals surface area contributed by atoms with Crippen LogP contribution in [-0.2, 0) is 7.05 Å². The number of carboxylic acid groups (broad SMARTS) is 1. The highest BCUT2D eigenvalue weighted by atomic mass is 16.4. The van der Waals surface area contributed by atoms with Crippen molar-refractivity contribution in [2.45, 2.75) is 32.8 Å². The Bertz CT molecular complexity index is 638. The number of rotatable bonds is 3. The van der Waals surface area contributed by atoms with Gasteiger partial charge < -0.3 is 14.8 Å². The molecule has 1 heterocycles. The molecule has 2 N–H and O–H groups in total. The van der Waals surface area contributed by atoms with Gasteiger partial charge in [0.2, 0.25) is 0 Å². The smallest absolute Gasteiger partial charge is 0.337 e. The van der Waals surface area contributed by atoms with E-state index < -0.39 is 12.1 Å². The van der Waals surface area contributed by atoms with Gasteiger partial charge in [-0.3, -0.25) is 0 Å². The van der Waals surface area contributed by atoms with Gasteiger partial charge in [-0.05, 0) is 30.5 Å². The van der Waals surface area contributed by atoms with Crippen LogP contribution >= 0.6 is 0 Å². The molecule has 4 heteroatoms. The van der Waals surface area contributed by atoms with E-state index in [2.05, 4.69) is 0 Å². The number of carboxylic acids is 1. The molecule has 2 aromatic rings. The first-order valence-corrected chi connectivity index (χ1v) is 6.37. The summed E-state index contributed by atoms with van der Waals surface area (Å²) in [6.45, 7) is 5.74. The molecular weight excluding hydrogens is 242 g/mol. The lowest BCUT2D eigenvalue weighted by Crippen LogP contribution is -2.02. The van der Waals surface area contributed by atoms with Crippen LogP contribution in [0.3, 0.4) is 0 Å². The van der Waals surface area contributed by atoms with Gasteiger partial charge in [-0.25, -0.2) is 4.79 Å². The average molecular weight is 261 g/mol. The number of aromatic nitrogens is 1. The molecule has 0 saturated carbocycles. The quantitative estimate of drug-likeness (QED) is 0.892. The number of aliphatic hydroxyl groups is 1. The molecule has 1 aromatic carbocycles. The molecule has 0 saturated heterocycles. The van der Waals surface area contributed by atoms with Crippen molar-refractivity contribution in [3.05, 3.63) is 35.0 Å². The molecule has 102 valence electrons. The van der Waals surface area contributed by atoms with Crippen molar-refractivity contribution in [3.8, 4) is 0 Å². The largest absolute Gasteiger partial charge is 0.478 e. The minimum atomic E-state index is -0.939. The number of carbonyl (C=O) groups is 1. The molecule has 0 fully saturated rings. The molecule has 0 aliphatic heterocycles. The molecule has 0 aliphatic carbocycles. The Labute approximate surface area is 112 Å². The number of benzene rings is 1. The first kappa shape index (κ1) is 13.6. The number of aryl methyl sites for hydroxylation is 1.